The molecule has 88 valence electrons. The summed E-state index contributed by atoms with van der Waals surface area (Å²) in [6.07, 6.45) is -0.583. The lowest BCUT2D eigenvalue weighted by Gasteiger charge is -2.19. The highest BCUT2D eigenvalue weighted by molar-refractivity contribution is 9.10. The average Bonchev–Trinajstić information content (AvgIpc) is 2.08. The van der Waals surface area contributed by atoms with E-state index in [4.69, 9.17) is 16.3 Å². The highest BCUT2D eigenvalue weighted by atomic mass is 79.9. The summed E-state index contributed by atoms with van der Waals surface area (Å²) in [5.41, 5.74) is -0.553. The molecule has 0 spiro atoms. The van der Waals surface area contributed by atoms with E-state index in [1.54, 1.807) is 32.9 Å². The third-order valence-corrected chi connectivity index (χ3v) is 2.18. The van der Waals surface area contributed by atoms with Crippen molar-refractivity contribution in [2.75, 3.05) is 5.32 Å². The smallest absolute Gasteiger partial charge is 0.413 e. The molecule has 0 radical (unpaired) electrons. The van der Waals surface area contributed by atoms with Crippen LogP contribution in [0.15, 0.2) is 16.7 Å². The predicted molar refractivity (Wildman–Crippen MR) is 66.8 cm³/mol. The third-order valence-electron chi connectivity index (χ3n) is 1.43. The second-order valence-corrected chi connectivity index (χ2v) is 5.31. The van der Waals surface area contributed by atoms with Gasteiger partial charge in [-0.15, -0.1) is 0 Å². The zero-order chi connectivity index (χ0) is 12.3. The van der Waals surface area contributed by atoms with E-state index in [1.165, 1.54) is 0 Å². The van der Waals surface area contributed by atoms with Crippen LogP contribution < -0.4 is 5.32 Å². The lowest BCUT2D eigenvalue weighted by Crippen LogP contribution is -2.27. The molecule has 0 aliphatic heterocycles. The first-order valence-corrected chi connectivity index (χ1v) is 5.77. The van der Waals surface area contributed by atoms with Gasteiger partial charge in [0.25, 0.3) is 0 Å². The lowest BCUT2D eigenvalue weighted by molar-refractivity contribution is 0.0635. The molecule has 0 bridgehead atoms. The molecule has 1 aromatic rings. The number of nitrogens with zero attached hydrogens (tertiary/aromatic N) is 1. The summed E-state index contributed by atoms with van der Waals surface area (Å²) < 4.78 is 5.66. The van der Waals surface area contributed by atoms with Crippen LogP contribution in [0.2, 0.25) is 5.02 Å². The molecule has 0 aliphatic rings. The van der Waals surface area contributed by atoms with Gasteiger partial charge in [0.1, 0.15) is 10.2 Å². The van der Waals surface area contributed by atoms with Gasteiger partial charge in [-0.25, -0.2) is 9.78 Å². The molecule has 0 aromatic carbocycles. The van der Waals surface area contributed by atoms with Crippen molar-refractivity contribution in [3.05, 3.63) is 21.8 Å². The zero-order valence-corrected chi connectivity index (χ0v) is 11.5. The molecule has 0 fully saturated rings. The number of amides is 1. The monoisotopic (exact) mass is 306 g/mol. The molecule has 16 heavy (non-hydrogen) atoms. The first kappa shape index (κ1) is 13.3. The van der Waals surface area contributed by atoms with Crippen molar-refractivity contribution in [2.24, 2.45) is 0 Å². The Kier molecular flexibility index (Phi) is 4.15. The first-order valence-electron chi connectivity index (χ1n) is 4.60. The number of hydrogen-bond donors (Lipinski definition) is 1. The fourth-order valence-corrected chi connectivity index (χ4v) is 1.37. The van der Waals surface area contributed by atoms with Gasteiger partial charge in [-0.1, -0.05) is 11.6 Å². The molecule has 0 unspecified atom stereocenters. The van der Waals surface area contributed by atoms with E-state index in [0.29, 0.717) is 9.63 Å². The second kappa shape index (κ2) is 5.01. The second-order valence-electron chi connectivity index (χ2n) is 4.09. The van der Waals surface area contributed by atoms with Crippen molar-refractivity contribution in [2.45, 2.75) is 26.4 Å². The van der Waals surface area contributed by atoms with Crippen LogP contribution in [0.4, 0.5) is 10.6 Å². The topological polar surface area (TPSA) is 51.2 Å². The molecule has 6 heteroatoms. The van der Waals surface area contributed by atoms with Gasteiger partial charge in [0.2, 0.25) is 0 Å². The zero-order valence-electron chi connectivity index (χ0n) is 9.17. The van der Waals surface area contributed by atoms with Crippen LogP contribution in [0.1, 0.15) is 20.8 Å². The van der Waals surface area contributed by atoms with Gasteiger partial charge >= 0.3 is 6.09 Å². The van der Waals surface area contributed by atoms with Gasteiger partial charge in [-0.2, -0.15) is 0 Å². The number of anilines is 1. The number of pyridine rings is 1. The van der Waals surface area contributed by atoms with E-state index in [-0.39, 0.29) is 5.82 Å². The van der Waals surface area contributed by atoms with Crippen LogP contribution in [-0.2, 0) is 4.74 Å². The van der Waals surface area contributed by atoms with E-state index < -0.39 is 11.7 Å². The Morgan fingerprint density at radius 2 is 2.12 bits per heavy atom. The highest BCUT2D eigenvalue weighted by Crippen LogP contribution is 2.22. The maximum absolute atomic E-state index is 11.4. The number of aromatic nitrogens is 1. The average molecular weight is 308 g/mol. The van der Waals surface area contributed by atoms with Crippen LogP contribution in [0.25, 0.3) is 0 Å². The van der Waals surface area contributed by atoms with Crippen molar-refractivity contribution in [3.8, 4) is 0 Å². The minimum absolute atomic E-state index is 0.269. The standard InChI is InChI=1S/C10H12BrClN2O2/c1-10(2,3)16-9(15)14-8-6(12)4-5-7(11)13-8/h4-5H,1-3H3,(H,13,14,15). The van der Waals surface area contributed by atoms with E-state index in [0.717, 1.165) is 0 Å². The molecule has 0 atom stereocenters. The summed E-state index contributed by atoms with van der Waals surface area (Å²) in [7, 11) is 0. The summed E-state index contributed by atoms with van der Waals surface area (Å²) in [5, 5.41) is 2.83. The first-order chi connectivity index (χ1) is 7.28. The van der Waals surface area contributed by atoms with Crippen LogP contribution in [0, 0.1) is 0 Å². The number of hydrogen-bond acceptors (Lipinski definition) is 3. The van der Waals surface area contributed by atoms with E-state index >= 15 is 0 Å². The minimum atomic E-state index is -0.583. The Hall–Kier alpha value is -0.810. The molecule has 4 nitrogen and oxygen atoms in total. The fourth-order valence-electron chi connectivity index (χ4n) is 0.906. The number of carbonyl (C=O) groups is 1. The Bertz CT molecular complexity index is 404. The lowest BCUT2D eigenvalue weighted by atomic mass is 10.2. The molecule has 0 saturated heterocycles. The van der Waals surface area contributed by atoms with Crippen molar-refractivity contribution in [1.82, 2.24) is 4.98 Å². The van der Waals surface area contributed by atoms with Crippen molar-refractivity contribution in [1.29, 1.82) is 0 Å². The molecule has 1 aromatic heterocycles. The summed E-state index contributed by atoms with van der Waals surface area (Å²) in [6.45, 7) is 5.34. The molecule has 1 rings (SSSR count). The molecule has 1 heterocycles. The van der Waals surface area contributed by atoms with Gasteiger partial charge < -0.3 is 4.74 Å². The van der Waals surface area contributed by atoms with Gasteiger partial charge in [0, 0.05) is 0 Å². The Balaban J connectivity index is 2.73. The number of halogens is 2. The summed E-state index contributed by atoms with van der Waals surface area (Å²) >= 11 is 9.04. The molecule has 1 N–H and O–H groups in total. The Morgan fingerprint density at radius 1 is 1.50 bits per heavy atom. The highest BCUT2D eigenvalue weighted by Gasteiger charge is 2.17. The van der Waals surface area contributed by atoms with Crippen LogP contribution in [-0.4, -0.2) is 16.7 Å². The SMILES string of the molecule is CC(C)(C)OC(=O)Nc1nc(Br)ccc1Cl. The minimum Gasteiger partial charge on any atom is -0.444 e. The number of ether oxygens (including phenoxy) is 1. The number of rotatable bonds is 1. The van der Waals surface area contributed by atoms with Crippen molar-refractivity contribution in [3.63, 3.8) is 0 Å². The summed E-state index contributed by atoms with van der Waals surface area (Å²) in [4.78, 5) is 15.5. The van der Waals surface area contributed by atoms with Crippen LogP contribution >= 0.6 is 27.5 Å². The fraction of sp³-hybridized carbons (Fsp3) is 0.400. The summed E-state index contributed by atoms with van der Waals surface area (Å²) in [6, 6.07) is 3.31. The predicted octanol–water partition coefficient (Wildman–Crippen LogP) is 3.84. The van der Waals surface area contributed by atoms with Crippen LogP contribution in [0.5, 0.6) is 0 Å². The molecular weight excluding hydrogens is 295 g/mol. The Morgan fingerprint density at radius 3 is 2.69 bits per heavy atom. The van der Waals surface area contributed by atoms with Gasteiger partial charge in [-0.3, -0.25) is 5.32 Å². The maximum Gasteiger partial charge on any atom is 0.413 e. The van der Waals surface area contributed by atoms with E-state index in [2.05, 4.69) is 26.2 Å². The maximum atomic E-state index is 11.4. The van der Waals surface area contributed by atoms with Crippen LogP contribution in [0.3, 0.4) is 0 Å². The molecule has 0 aliphatic carbocycles. The van der Waals surface area contributed by atoms with Crippen molar-refractivity contribution >= 4 is 39.4 Å². The van der Waals surface area contributed by atoms with E-state index in [9.17, 15) is 4.79 Å². The largest absolute Gasteiger partial charge is 0.444 e. The van der Waals surface area contributed by atoms with Gasteiger partial charge in [0.05, 0.1) is 5.02 Å². The third kappa shape index (κ3) is 4.37. The molecule has 1 amide bonds. The van der Waals surface area contributed by atoms with E-state index in [1.807, 2.05) is 0 Å². The normalized spacial score (nSPS) is 11.1. The molecular formula is C10H12BrClN2O2. The summed E-state index contributed by atoms with van der Waals surface area (Å²) in [5.74, 6) is 0.269. The van der Waals surface area contributed by atoms with Gasteiger partial charge in [0.15, 0.2) is 5.82 Å². The number of nitrogens with one attached hydrogen (secondary N) is 1. The molecule has 0 saturated carbocycles. The quantitative estimate of drug-likeness (QED) is 0.802. The Labute approximate surface area is 107 Å². The van der Waals surface area contributed by atoms with Crippen molar-refractivity contribution < 1.29 is 9.53 Å². The van der Waals surface area contributed by atoms with Gasteiger partial charge in [-0.05, 0) is 48.8 Å². The number of carbonyl (C=O) groups excluding carboxylic acids is 1.